The van der Waals surface area contributed by atoms with E-state index in [1.165, 1.54) is 0 Å². The van der Waals surface area contributed by atoms with E-state index in [-0.39, 0.29) is 30.8 Å². The molecular weight excluding hydrogens is 240 g/mol. The zero-order valence-electron chi connectivity index (χ0n) is 9.51. The maximum absolute atomic E-state index is 12.1. The fraction of sp³-hybridized carbons (Fsp3) is 0.667. The first-order valence-electron chi connectivity index (χ1n) is 5.89. The van der Waals surface area contributed by atoms with E-state index in [0.29, 0.717) is 6.42 Å². The molecule has 6 nitrogen and oxygen atoms in total. The van der Waals surface area contributed by atoms with Crippen molar-refractivity contribution in [3.8, 4) is 0 Å². The molecule has 0 spiro atoms. The van der Waals surface area contributed by atoms with Crippen molar-refractivity contribution in [1.29, 1.82) is 0 Å². The Kier molecular flexibility index (Phi) is 1.89. The number of aliphatic carboxylic acids is 2. The van der Waals surface area contributed by atoms with Crippen molar-refractivity contribution in [2.24, 2.45) is 22.7 Å². The normalized spacial score (nSPS) is 45.3. The smallest absolute Gasteiger partial charge is 0.317 e. The van der Waals surface area contributed by atoms with Crippen LogP contribution in [0.2, 0.25) is 0 Å². The van der Waals surface area contributed by atoms with Crippen LogP contribution in [0.1, 0.15) is 25.7 Å². The van der Waals surface area contributed by atoms with Gasteiger partial charge in [0.25, 0.3) is 0 Å². The molecule has 4 fully saturated rings. The molecule has 0 aromatic rings. The third-order valence-electron chi connectivity index (χ3n) is 4.87. The topological polar surface area (TPSA) is 109 Å². The zero-order chi connectivity index (χ0) is 13.3. The molecule has 0 aliphatic heterocycles. The maximum atomic E-state index is 12.1. The monoisotopic (exact) mass is 252 g/mol. The second kappa shape index (κ2) is 2.99. The van der Waals surface area contributed by atoms with E-state index < -0.39 is 34.6 Å². The standard InChI is InChI=1S/C12H12O6/c13-7-5-1-6-3-12(7,10(17)18)4-11(2-5,8(6)14)9(15)16/h5-6H,1-4H2,(H,15,16)(H,17,18)/t5-,6-,11-,12-/m1/s1. The fourth-order valence-corrected chi connectivity index (χ4v) is 4.10. The number of carboxylic acids is 2. The van der Waals surface area contributed by atoms with E-state index in [1.807, 2.05) is 0 Å². The molecule has 0 unspecified atom stereocenters. The van der Waals surface area contributed by atoms with Crippen LogP contribution in [0.15, 0.2) is 0 Å². The number of hydrogen-bond acceptors (Lipinski definition) is 4. The Balaban J connectivity index is 2.18. The summed E-state index contributed by atoms with van der Waals surface area (Å²) in [7, 11) is 0. The number of carbonyl (C=O) groups is 4. The lowest BCUT2D eigenvalue weighted by Crippen LogP contribution is -2.67. The van der Waals surface area contributed by atoms with Crippen LogP contribution >= 0.6 is 0 Å². The van der Waals surface area contributed by atoms with Gasteiger partial charge >= 0.3 is 11.9 Å². The summed E-state index contributed by atoms with van der Waals surface area (Å²) < 4.78 is 0. The minimum absolute atomic E-state index is 0.0223. The molecule has 4 rings (SSSR count). The molecule has 6 heteroatoms. The van der Waals surface area contributed by atoms with Crippen molar-refractivity contribution >= 4 is 23.5 Å². The number of ketones is 2. The first-order valence-corrected chi connectivity index (χ1v) is 5.89. The van der Waals surface area contributed by atoms with Crippen LogP contribution in [-0.2, 0) is 19.2 Å². The molecule has 96 valence electrons. The van der Waals surface area contributed by atoms with E-state index in [0.717, 1.165) is 0 Å². The number of Topliss-reactive ketones (excluding diaryl/α,β-unsaturated/α-hetero) is 2. The molecule has 0 saturated heterocycles. The Labute approximate surface area is 102 Å². The van der Waals surface area contributed by atoms with Crippen LogP contribution in [0, 0.1) is 22.7 Å². The van der Waals surface area contributed by atoms with E-state index in [9.17, 15) is 29.4 Å². The van der Waals surface area contributed by atoms with Gasteiger partial charge in [-0.3, -0.25) is 19.2 Å². The third kappa shape index (κ3) is 0.996. The lowest BCUT2D eigenvalue weighted by Gasteiger charge is -2.55. The first-order chi connectivity index (χ1) is 8.33. The van der Waals surface area contributed by atoms with Crippen LogP contribution in [0.4, 0.5) is 0 Å². The molecule has 4 aliphatic rings. The van der Waals surface area contributed by atoms with Crippen LogP contribution in [0.5, 0.6) is 0 Å². The minimum atomic E-state index is -1.64. The van der Waals surface area contributed by atoms with E-state index in [2.05, 4.69) is 0 Å². The Morgan fingerprint density at radius 3 is 1.67 bits per heavy atom. The molecule has 0 aromatic heterocycles. The predicted octanol–water partition coefficient (Wildman–Crippen LogP) is 0.100. The van der Waals surface area contributed by atoms with Crippen molar-refractivity contribution in [2.45, 2.75) is 25.7 Å². The summed E-state index contributed by atoms with van der Waals surface area (Å²) in [6.45, 7) is 0. The molecule has 0 aromatic carbocycles. The average Bonchev–Trinajstić information content (AvgIpc) is 2.27. The van der Waals surface area contributed by atoms with Crippen LogP contribution in [0.25, 0.3) is 0 Å². The van der Waals surface area contributed by atoms with E-state index in [4.69, 9.17) is 0 Å². The molecule has 4 saturated carbocycles. The molecule has 4 aliphatic carbocycles. The summed E-state index contributed by atoms with van der Waals surface area (Å²) in [5.41, 5.74) is -3.28. The quantitative estimate of drug-likeness (QED) is 0.674. The highest BCUT2D eigenvalue weighted by Crippen LogP contribution is 2.62. The van der Waals surface area contributed by atoms with Gasteiger partial charge in [-0.25, -0.2) is 0 Å². The van der Waals surface area contributed by atoms with Gasteiger partial charge < -0.3 is 10.2 Å². The second-order valence-corrected chi connectivity index (χ2v) is 5.72. The molecule has 0 amide bonds. The predicted molar refractivity (Wildman–Crippen MR) is 55.6 cm³/mol. The van der Waals surface area contributed by atoms with Gasteiger partial charge in [0, 0.05) is 11.8 Å². The molecule has 0 heterocycles. The molecule has 4 atom stereocenters. The highest BCUT2D eigenvalue weighted by atomic mass is 16.4. The van der Waals surface area contributed by atoms with Gasteiger partial charge in [-0.2, -0.15) is 0 Å². The number of hydrogen-bond donors (Lipinski definition) is 2. The third-order valence-corrected chi connectivity index (χ3v) is 4.87. The Morgan fingerprint density at radius 2 is 1.33 bits per heavy atom. The molecule has 0 radical (unpaired) electrons. The first kappa shape index (κ1) is 11.4. The van der Waals surface area contributed by atoms with Gasteiger partial charge in [0.1, 0.15) is 10.8 Å². The van der Waals surface area contributed by atoms with Gasteiger partial charge in [-0.15, -0.1) is 0 Å². The van der Waals surface area contributed by atoms with Crippen LogP contribution in [-0.4, -0.2) is 33.7 Å². The van der Waals surface area contributed by atoms with Crippen molar-refractivity contribution < 1.29 is 29.4 Å². The number of rotatable bonds is 2. The van der Waals surface area contributed by atoms with Crippen LogP contribution in [0.3, 0.4) is 0 Å². The Morgan fingerprint density at radius 1 is 0.944 bits per heavy atom. The molecule has 4 bridgehead atoms. The van der Waals surface area contributed by atoms with Gasteiger partial charge in [-0.05, 0) is 25.7 Å². The van der Waals surface area contributed by atoms with Crippen molar-refractivity contribution in [1.82, 2.24) is 0 Å². The Bertz CT molecular complexity index is 465. The summed E-state index contributed by atoms with van der Waals surface area (Å²) in [4.78, 5) is 47.1. The molecular formula is C12H12O6. The summed E-state index contributed by atoms with van der Waals surface area (Å²) >= 11 is 0. The minimum Gasteiger partial charge on any atom is -0.480 e. The van der Waals surface area contributed by atoms with Gasteiger partial charge in [-0.1, -0.05) is 0 Å². The summed E-state index contributed by atoms with van der Waals surface area (Å²) in [5.74, 6) is -4.48. The Hall–Kier alpha value is -1.72. The molecule has 18 heavy (non-hydrogen) atoms. The van der Waals surface area contributed by atoms with Crippen molar-refractivity contribution in [3.63, 3.8) is 0 Å². The van der Waals surface area contributed by atoms with Gasteiger partial charge in [0.05, 0.1) is 0 Å². The van der Waals surface area contributed by atoms with E-state index >= 15 is 0 Å². The SMILES string of the molecule is O=C(O)[C@]12C[C@H]3C[C@H](C[C@@](C(=O)O)(C1)C3=O)C2=O. The summed E-state index contributed by atoms with van der Waals surface area (Å²) in [6, 6.07) is 0. The average molecular weight is 252 g/mol. The number of carboxylic acid groups (broad SMARTS) is 2. The highest BCUT2D eigenvalue weighted by Gasteiger charge is 2.72. The van der Waals surface area contributed by atoms with Crippen molar-refractivity contribution in [3.05, 3.63) is 0 Å². The van der Waals surface area contributed by atoms with Crippen LogP contribution < -0.4 is 0 Å². The number of carbonyl (C=O) groups excluding carboxylic acids is 2. The highest BCUT2D eigenvalue weighted by molar-refractivity contribution is 6.15. The molecule has 2 N–H and O–H groups in total. The second-order valence-electron chi connectivity index (χ2n) is 5.72. The summed E-state index contributed by atoms with van der Waals surface area (Å²) in [6.07, 6.45) is -0.0892. The zero-order valence-corrected chi connectivity index (χ0v) is 9.51. The van der Waals surface area contributed by atoms with Gasteiger partial charge in [0.2, 0.25) is 0 Å². The fourth-order valence-electron chi connectivity index (χ4n) is 4.10. The lowest BCUT2D eigenvalue weighted by atomic mass is 9.43. The lowest BCUT2D eigenvalue weighted by molar-refractivity contribution is -0.189. The van der Waals surface area contributed by atoms with Gasteiger partial charge in [0.15, 0.2) is 11.6 Å². The largest absolute Gasteiger partial charge is 0.480 e. The summed E-state index contributed by atoms with van der Waals surface area (Å²) in [5, 5.41) is 18.6. The maximum Gasteiger partial charge on any atom is 0.317 e. The van der Waals surface area contributed by atoms with E-state index in [1.54, 1.807) is 0 Å². The van der Waals surface area contributed by atoms with Crippen molar-refractivity contribution in [2.75, 3.05) is 0 Å².